The van der Waals surface area contributed by atoms with Gasteiger partial charge in [-0.3, -0.25) is 10.1 Å². The summed E-state index contributed by atoms with van der Waals surface area (Å²) in [4.78, 5) is 16.9. The van der Waals surface area contributed by atoms with Crippen molar-refractivity contribution < 1.29 is 9.34 Å². The first kappa shape index (κ1) is 22.9. The molecular formula is C26H27N3O3S. The zero-order chi connectivity index (χ0) is 23.9. The standard InChI is InChI=1S/C26H27N3O3S/c1-15-10-17(11-22(16(15)2)29(30)31)23-9-7-19(32-23)14-28-25-21(13-27)20-8-6-18(26(3,4)5)12-24(20)33-25/h7,9-11,14,18H,6,8,12H2,1-5H3/t18-/m0/s1. The molecule has 0 aliphatic heterocycles. The number of aliphatic imine (C=N–C) groups is 1. The van der Waals surface area contributed by atoms with Crippen LogP contribution in [-0.4, -0.2) is 11.1 Å². The molecule has 0 unspecified atom stereocenters. The predicted octanol–water partition coefficient (Wildman–Crippen LogP) is 7.31. The molecule has 0 amide bonds. The maximum Gasteiger partial charge on any atom is 0.273 e. The van der Waals surface area contributed by atoms with Crippen LogP contribution in [0.25, 0.3) is 11.3 Å². The summed E-state index contributed by atoms with van der Waals surface area (Å²) in [5, 5.41) is 21.9. The second-order valence-electron chi connectivity index (χ2n) is 9.76. The molecule has 1 aliphatic carbocycles. The number of aryl methyl sites for hydroxylation is 1. The maximum atomic E-state index is 11.4. The van der Waals surface area contributed by atoms with Gasteiger partial charge in [-0.05, 0) is 73.8 Å². The average molecular weight is 462 g/mol. The number of hydrogen-bond acceptors (Lipinski definition) is 6. The number of fused-ring (bicyclic) bond motifs is 1. The summed E-state index contributed by atoms with van der Waals surface area (Å²) < 4.78 is 5.91. The van der Waals surface area contributed by atoms with E-state index in [1.54, 1.807) is 36.6 Å². The molecule has 2 aromatic heterocycles. The normalized spacial score (nSPS) is 16.1. The highest BCUT2D eigenvalue weighted by Gasteiger charge is 2.32. The maximum absolute atomic E-state index is 11.4. The third-order valence-corrected chi connectivity index (χ3v) is 7.80. The minimum Gasteiger partial charge on any atom is -0.455 e. The highest BCUT2D eigenvalue weighted by molar-refractivity contribution is 7.16. The molecule has 1 aliphatic rings. The fourth-order valence-electron chi connectivity index (χ4n) is 4.39. The Morgan fingerprint density at radius 3 is 2.73 bits per heavy atom. The van der Waals surface area contributed by atoms with Crippen LogP contribution in [0.5, 0.6) is 0 Å². The molecule has 170 valence electrons. The number of thiophene rings is 1. The fraction of sp³-hybridized carbons (Fsp3) is 0.385. The van der Waals surface area contributed by atoms with E-state index in [2.05, 4.69) is 31.8 Å². The summed E-state index contributed by atoms with van der Waals surface area (Å²) in [5.41, 5.74) is 4.29. The van der Waals surface area contributed by atoms with E-state index in [-0.39, 0.29) is 16.0 Å². The number of nitro groups is 1. The third-order valence-electron chi connectivity index (χ3n) is 6.64. The van der Waals surface area contributed by atoms with Gasteiger partial charge in [-0.15, -0.1) is 11.3 Å². The first-order chi connectivity index (χ1) is 15.6. The topological polar surface area (TPSA) is 92.4 Å². The van der Waals surface area contributed by atoms with E-state index in [0.717, 1.165) is 35.4 Å². The van der Waals surface area contributed by atoms with Gasteiger partial charge >= 0.3 is 0 Å². The van der Waals surface area contributed by atoms with Crippen molar-refractivity contribution in [3.05, 3.63) is 67.3 Å². The van der Waals surface area contributed by atoms with Crippen molar-refractivity contribution in [2.24, 2.45) is 16.3 Å². The van der Waals surface area contributed by atoms with Gasteiger partial charge in [0.05, 0.1) is 16.7 Å². The van der Waals surface area contributed by atoms with Crippen molar-refractivity contribution in [2.75, 3.05) is 0 Å². The van der Waals surface area contributed by atoms with E-state index < -0.39 is 0 Å². The van der Waals surface area contributed by atoms with Gasteiger partial charge in [-0.1, -0.05) is 20.8 Å². The molecule has 2 heterocycles. The summed E-state index contributed by atoms with van der Waals surface area (Å²) >= 11 is 1.60. The quantitative estimate of drug-likeness (QED) is 0.231. The number of benzene rings is 1. The van der Waals surface area contributed by atoms with Crippen molar-refractivity contribution in [3.63, 3.8) is 0 Å². The number of rotatable bonds is 4. The molecule has 0 spiro atoms. The monoisotopic (exact) mass is 461 g/mol. The Labute approximate surface area is 197 Å². The molecule has 4 rings (SSSR count). The second-order valence-corrected chi connectivity index (χ2v) is 10.8. The smallest absolute Gasteiger partial charge is 0.273 e. The molecule has 0 saturated carbocycles. The number of furan rings is 1. The highest BCUT2D eigenvalue weighted by atomic mass is 32.1. The van der Waals surface area contributed by atoms with Crippen LogP contribution >= 0.6 is 11.3 Å². The molecule has 1 atom stereocenters. The Kier molecular flexibility index (Phi) is 5.98. The summed E-state index contributed by atoms with van der Waals surface area (Å²) in [6, 6.07) is 9.35. The summed E-state index contributed by atoms with van der Waals surface area (Å²) in [6.45, 7) is 10.4. The average Bonchev–Trinajstić information content (AvgIpc) is 3.36. The molecule has 3 aromatic rings. The first-order valence-corrected chi connectivity index (χ1v) is 11.8. The molecule has 1 aromatic carbocycles. The van der Waals surface area contributed by atoms with Gasteiger partial charge in [-0.2, -0.15) is 5.26 Å². The van der Waals surface area contributed by atoms with E-state index in [0.29, 0.717) is 34.1 Å². The Morgan fingerprint density at radius 2 is 2.06 bits per heavy atom. The SMILES string of the molecule is Cc1cc(-c2ccc(C=Nc3sc4c(c3C#N)CC[C@H](C(C)(C)C)C4)o2)cc([N+](=O)[O-])c1C. The van der Waals surface area contributed by atoms with Gasteiger partial charge in [0.25, 0.3) is 5.69 Å². The molecule has 6 nitrogen and oxygen atoms in total. The Bertz CT molecular complexity index is 1300. The Morgan fingerprint density at radius 1 is 1.30 bits per heavy atom. The molecule has 0 bridgehead atoms. The van der Waals surface area contributed by atoms with Crippen molar-refractivity contribution >= 4 is 28.2 Å². The summed E-state index contributed by atoms with van der Waals surface area (Å²) in [7, 11) is 0. The lowest BCUT2D eigenvalue weighted by Gasteiger charge is -2.33. The first-order valence-electron chi connectivity index (χ1n) is 11.0. The van der Waals surface area contributed by atoms with Crippen molar-refractivity contribution in [1.29, 1.82) is 5.26 Å². The van der Waals surface area contributed by atoms with Gasteiger partial charge in [0, 0.05) is 22.1 Å². The van der Waals surface area contributed by atoms with Crippen LogP contribution in [0.3, 0.4) is 0 Å². The van der Waals surface area contributed by atoms with Gasteiger partial charge in [0.2, 0.25) is 0 Å². The molecule has 0 radical (unpaired) electrons. The van der Waals surface area contributed by atoms with Crippen LogP contribution in [0.1, 0.15) is 60.1 Å². The van der Waals surface area contributed by atoms with Crippen LogP contribution in [-0.2, 0) is 12.8 Å². The largest absolute Gasteiger partial charge is 0.455 e. The van der Waals surface area contributed by atoms with Gasteiger partial charge < -0.3 is 4.42 Å². The molecule has 0 fully saturated rings. The number of hydrogen-bond donors (Lipinski definition) is 0. The number of nitrogens with zero attached hydrogens (tertiary/aromatic N) is 3. The summed E-state index contributed by atoms with van der Waals surface area (Å²) in [5.74, 6) is 1.68. The lowest BCUT2D eigenvalue weighted by atomic mass is 9.72. The number of nitriles is 1. The minimum atomic E-state index is -0.372. The van der Waals surface area contributed by atoms with Crippen LogP contribution in [0.15, 0.2) is 33.7 Å². The van der Waals surface area contributed by atoms with Crippen LogP contribution in [0, 0.1) is 46.6 Å². The van der Waals surface area contributed by atoms with Crippen molar-refractivity contribution in [1.82, 2.24) is 0 Å². The van der Waals surface area contributed by atoms with E-state index in [1.807, 2.05) is 13.0 Å². The molecule has 0 N–H and O–H groups in total. The van der Waals surface area contributed by atoms with Crippen LogP contribution in [0.4, 0.5) is 10.7 Å². The Balaban J connectivity index is 1.61. The fourth-order valence-corrected chi connectivity index (χ4v) is 5.61. The molecule has 33 heavy (non-hydrogen) atoms. The second kappa shape index (κ2) is 8.60. The van der Waals surface area contributed by atoms with E-state index in [9.17, 15) is 15.4 Å². The third kappa shape index (κ3) is 4.49. The Hall–Kier alpha value is -3.24. The van der Waals surface area contributed by atoms with Gasteiger partial charge in [-0.25, -0.2) is 4.99 Å². The molecule has 0 saturated heterocycles. The van der Waals surface area contributed by atoms with Gasteiger partial charge in [0.1, 0.15) is 22.6 Å². The highest BCUT2D eigenvalue weighted by Crippen LogP contribution is 2.45. The van der Waals surface area contributed by atoms with Crippen LogP contribution in [0.2, 0.25) is 0 Å². The van der Waals surface area contributed by atoms with E-state index in [4.69, 9.17) is 4.42 Å². The van der Waals surface area contributed by atoms with Gasteiger partial charge in [0.15, 0.2) is 0 Å². The zero-order valence-corrected chi connectivity index (χ0v) is 20.4. The lowest BCUT2D eigenvalue weighted by molar-refractivity contribution is -0.385. The zero-order valence-electron chi connectivity index (χ0n) is 19.6. The minimum absolute atomic E-state index is 0.0769. The molecule has 7 heteroatoms. The van der Waals surface area contributed by atoms with E-state index >= 15 is 0 Å². The predicted molar refractivity (Wildman–Crippen MR) is 132 cm³/mol. The number of nitro benzene ring substituents is 1. The lowest BCUT2D eigenvalue weighted by Crippen LogP contribution is -2.26. The molecular weight excluding hydrogens is 434 g/mol. The van der Waals surface area contributed by atoms with Crippen molar-refractivity contribution in [2.45, 2.75) is 53.9 Å². The summed E-state index contributed by atoms with van der Waals surface area (Å²) in [6.07, 6.45) is 4.62. The van der Waals surface area contributed by atoms with E-state index in [1.165, 1.54) is 10.9 Å². The van der Waals surface area contributed by atoms with Crippen LogP contribution < -0.4 is 0 Å². The van der Waals surface area contributed by atoms with Crippen molar-refractivity contribution in [3.8, 4) is 17.4 Å².